The van der Waals surface area contributed by atoms with Gasteiger partial charge < -0.3 is 44.5 Å². The van der Waals surface area contributed by atoms with Crippen molar-refractivity contribution in [1.29, 1.82) is 5.26 Å². The molecular formula is C69H82Cl2F2N10O10S. The smallest absolute Gasteiger partial charge is 0.412 e. The predicted octanol–water partition coefficient (Wildman–Crippen LogP) is 12.6. The van der Waals surface area contributed by atoms with E-state index in [1.165, 1.54) is 11.0 Å². The number of rotatable bonds is 19. The van der Waals surface area contributed by atoms with Crippen LogP contribution in [0.15, 0.2) is 66.7 Å². The van der Waals surface area contributed by atoms with E-state index in [2.05, 4.69) is 26.9 Å². The van der Waals surface area contributed by atoms with Crippen LogP contribution in [0, 0.1) is 28.4 Å². The lowest BCUT2D eigenvalue weighted by Gasteiger charge is -2.42. The summed E-state index contributed by atoms with van der Waals surface area (Å²) in [7, 11) is 0. The summed E-state index contributed by atoms with van der Waals surface area (Å²) in [6.07, 6.45) is 1.51. The van der Waals surface area contributed by atoms with E-state index in [1.807, 2.05) is 102 Å². The summed E-state index contributed by atoms with van der Waals surface area (Å²) in [6, 6.07) is 18.3. The Morgan fingerprint density at radius 1 is 0.851 bits per heavy atom. The molecule has 4 saturated heterocycles. The lowest BCUT2D eigenvalue weighted by Crippen LogP contribution is -2.58. The van der Waals surface area contributed by atoms with Crippen LogP contribution in [-0.2, 0) is 28.6 Å². The molecule has 94 heavy (non-hydrogen) atoms. The molecule has 4 aliphatic rings. The molecule has 5 amide bonds. The maximum absolute atomic E-state index is 17.9. The molecule has 7 atom stereocenters. The number of fused-ring (bicyclic) bond motifs is 4. The summed E-state index contributed by atoms with van der Waals surface area (Å²) in [6.45, 7) is 20.4. The van der Waals surface area contributed by atoms with Crippen molar-refractivity contribution in [2.45, 2.75) is 168 Å². The first-order valence-electron chi connectivity index (χ1n) is 32.0. The lowest BCUT2D eigenvalue weighted by atomic mass is 9.85. The number of thiophene rings is 1. The lowest BCUT2D eigenvalue weighted by molar-refractivity contribution is -0.144. The molecule has 2 bridgehead atoms. The van der Waals surface area contributed by atoms with Crippen LogP contribution in [-0.4, -0.2) is 160 Å². The monoisotopic (exact) mass is 1350 g/mol. The highest BCUT2D eigenvalue weighted by Gasteiger charge is 2.47. The second kappa shape index (κ2) is 28.5. The molecule has 4 aromatic carbocycles. The number of halogens is 4. The van der Waals surface area contributed by atoms with E-state index >= 15 is 8.78 Å². The molecule has 0 spiro atoms. The van der Waals surface area contributed by atoms with Crippen molar-refractivity contribution in [2.75, 3.05) is 62.8 Å². The number of anilines is 2. The number of likely N-dealkylation sites (tertiary alicyclic amines) is 2. The number of aliphatic hydroxyl groups is 1. The summed E-state index contributed by atoms with van der Waals surface area (Å²) < 4.78 is 57.3. The molecular weight excluding hydrogens is 1270 g/mol. The van der Waals surface area contributed by atoms with Gasteiger partial charge in [-0.3, -0.25) is 29.5 Å². The highest BCUT2D eigenvalue weighted by atomic mass is 35.5. The van der Waals surface area contributed by atoms with Crippen molar-refractivity contribution in [3.05, 3.63) is 99.5 Å². The molecule has 10 rings (SSSR count). The molecule has 4 N–H and O–H groups in total. The SMILES string of the molecule is C[C@H](NC(=O)[C@@H]1C[C@@H](O)CN1C(=O)[C@@H](NC(=O)CCOCCCN1CCC[C@H]1COc1nc(N2CC3CCC(C2)N3C(=O)OC(C)(C)C)c2cc(Cl)c(-c3ccc(F)c4sc(NC(=O)OC(C)(C)C)c(C#N)c34)c(F)c2n1)C(C)(C)C)c1ccc(-c2ccccc2Cl)cc1. The molecule has 0 saturated carbocycles. The van der Waals surface area contributed by atoms with Crippen LogP contribution in [0.3, 0.4) is 0 Å². The zero-order valence-electron chi connectivity index (χ0n) is 54.7. The number of nitriles is 1. The highest BCUT2D eigenvalue weighted by molar-refractivity contribution is 7.23. The number of piperazine rings is 1. The molecule has 4 aliphatic heterocycles. The fourth-order valence-electron chi connectivity index (χ4n) is 13.0. The first-order chi connectivity index (χ1) is 44.5. The average Bonchev–Trinajstić information content (AvgIpc) is 1.34. The second-order valence-electron chi connectivity index (χ2n) is 27.7. The number of aromatic nitrogens is 2. The summed E-state index contributed by atoms with van der Waals surface area (Å²) in [5.41, 5.74) is -0.0172. The number of amides is 5. The van der Waals surface area contributed by atoms with Crippen molar-refractivity contribution in [2.24, 2.45) is 5.41 Å². The first-order valence-corrected chi connectivity index (χ1v) is 33.5. The van der Waals surface area contributed by atoms with Gasteiger partial charge in [0.1, 0.15) is 58.1 Å². The van der Waals surface area contributed by atoms with Crippen molar-refractivity contribution >= 4 is 96.3 Å². The topological polar surface area (TPSA) is 241 Å². The summed E-state index contributed by atoms with van der Waals surface area (Å²) >= 11 is 14.3. The van der Waals surface area contributed by atoms with Crippen LogP contribution in [0.5, 0.6) is 6.01 Å². The number of hydrogen-bond acceptors (Lipinski definition) is 16. The Labute approximate surface area is 560 Å². The standard InChI is InChI=1S/C69H82Cl2F2N10O10S/c1-38(39-18-20-40(21-19-39)45-16-11-12-17-49(45)70)75-61(86)52-31-44(84)36-82(52)63(87)59(67(2,3)4)76-53(85)26-30-90-29-14-28-80-27-13-15-43(80)37-91-64-77-57-47(60(78-64)81-34-41-22-23-42(35-81)83(41)66(89)93-69(8,9)10)32-50(71)55(56(57)73)46-24-25-51(72)58-54(46)48(33-74)62(94-58)79-65(88)92-68(5,6)7/h11-12,16-21,24-25,32,38,41-44,52,59,84H,13-15,22-23,26-31,34-37H2,1-10H3,(H,75,86)(H,76,85)(H,79,88)/t38-,41?,42?,43-,44+,52-,59+/m0/s1. The fourth-order valence-corrected chi connectivity index (χ4v) is 14.6. The third-order valence-corrected chi connectivity index (χ3v) is 19.1. The van der Waals surface area contributed by atoms with Crippen molar-refractivity contribution in [3.63, 3.8) is 0 Å². The van der Waals surface area contributed by atoms with E-state index in [0.29, 0.717) is 56.3 Å². The molecule has 0 aliphatic carbocycles. The number of nitrogens with zero attached hydrogens (tertiary/aromatic N) is 7. The predicted molar refractivity (Wildman–Crippen MR) is 358 cm³/mol. The Morgan fingerprint density at radius 3 is 2.22 bits per heavy atom. The third-order valence-electron chi connectivity index (χ3n) is 17.4. The Morgan fingerprint density at radius 2 is 1.55 bits per heavy atom. The van der Waals surface area contributed by atoms with Crippen LogP contribution < -0.4 is 25.6 Å². The van der Waals surface area contributed by atoms with Gasteiger partial charge in [-0.2, -0.15) is 15.2 Å². The Kier molecular flexibility index (Phi) is 21.0. The number of β-amino-alcohol motifs (C(OH)–C–C–N with tert-alkyl or cyclic N) is 1. The number of hydrogen-bond donors (Lipinski definition) is 4. The molecule has 0 radical (unpaired) electrons. The number of carbonyl (C=O) groups is 5. The first kappa shape index (κ1) is 69.4. The van der Waals surface area contributed by atoms with E-state index < -0.39 is 82.4 Å². The number of aliphatic hydroxyl groups excluding tert-OH is 1. The van der Waals surface area contributed by atoms with Crippen LogP contribution in [0.2, 0.25) is 10.0 Å². The van der Waals surface area contributed by atoms with Gasteiger partial charge in [0.25, 0.3) is 0 Å². The van der Waals surface area contributed by atoms with E-state index in [9.17, 15) is 34.3 Å². The van der Waals surface area contributed by atoms with Crippen molar-refractivity contribution < 1.29 is 56.8 Å². The van der Waals surface area contributed by atoms with Crippen LogP contribution >= 0.6 is 34.5 Å². The Balaban J connectivity index is 0.786. The quantitative estimate of drug-likeness (QED) is 0.0551. The van der Waals surface area contributed by atoms with Gasteiger partial charge in [0, 0.05) is 78.6 Å². The van der Waals surface area contributed by atoms with Gasteiger partial charge >= 0.3 is 18.2 Å². The fraction of sp³-hybridized carbons (Fsp3) is 0.507. The minimum atomic E-state index is -1.01. The largest absolute Gasteiger partial charge is 0.462 e. The van der Waals surface area contributed by atoms with Crippen molar-refractivity contribution in [1.82, 2.24) is 35.3 Å². The van der Waals surface area contributed by atoms with Crippen LogP contribution in [0.1, 0.15) is 131 Å². The number of carbonyl (C=O) groups excluding carboxylic acids is 5. The maximum Gasteiger partial charge on any atom is 0.412 e. The third kappa shape index (κ3) is 15.8. The number of benzene rings is 4. The van der Waals surface area contributed by atoms with Gasteiger partial charge in [0.2, 0.25) is 17.7 Å². The highest BCUT2D eigenvalue weighted by Crippen LogP contribution is 2.47. The number of nitrogens with one attached hydrogen (secondary N) is 3. The molecule has 2 aromatic heterocycles. The van der Waals surface area contributed by atoms with E-state index in [4.69, 9.17) is 52.1 Å². The minimum absolute atomic E-state index is 0.00598. The van der Waals surface area contributed by atoms with E-state index in [-0.39, 0.29) is 104 Å². The van der Waals surface area contributed by atoms with E-state index in [0.717, 1.165) is 53.5 Å². The molecule has 2 unspecified atom stereocenters. The minimum Gasteiger partial charge on any atom is -0.462 e. The van der Waals surface area contributed by atoms with Crippen molar-refractivity contribution in [3.8, 4) is 34.3 Å². The van der Waals surface area contributed by atoms with Gasteiger partial charge in [-0.05, 0) is 127 Å². The molecule has 502 valence electrons. The zero-order valence-corrected chi connectivity index (χ0v) is 57.0. The van der Waals surface area contributed by atoms with Gasteiger partial charge in [-0.1, -0.05) is 92.5 Å². The summed E-state index contributed by atoms with van der Waals surface area (Å²) in [5, 5.41) is 30.7. The maximum atomic E-state index is 17.9. The second-order valence-corrected chi connectivity index (χ2v) is 29.6. The summed E-state index contributed by atoms with van der Waals surface area (Å²) in [4.78, 5) is 85.3. The number of ether oxygens (including phenoxy) is 4. The van der Waals surface area contributed by atoms with Crippen LogP contribution in [0.25, 0.3) is 43.2 Å². The molecule has 4 fully saturated rings. The van der Waals surface area contributed by atoms with Gasteiger partial charge in [0.15, 0.2) is 5.82 Å². The molecule has 25 heteroatoms. The Bertz CT molecular complexity index is 3870. The molecule has 6 aromatic rings. The Hall–Kier alpha value is -7.46. The van der Waals surface area contributed by atoms with Gasteiger partial charge in [-0.15, -0.1) is 11.3 Å². The van der Waals surface area contributed by atoms with Gasteiger partial charge in [0.05, 0.1) is 46.1 Å². The molecule has 6 heterocycles. The summed E-state index contributed by atoms with van der Waals surface area (Å²) in [5.74, 6) is -2.53. The normalized spacial score (nSPS) is 19.9. The van der Waals surface area contributed by atoms with Gasteiger partial charge in [-0.25, -0.2) is 18.4 Å². The molecule has 20 nitrogen and oxygen atoms in total. The zero-order chi connectivity index (χ0) is 67.7. The van der Waals surface area contributed by atoms with Crippen LogP contribution in [0.4, 0.5) is 29.2 Å². The average molecular weight is 1350 g/mol. The van der Waals surface area contributed by atoms with E-state index in [1.54, 1.807) is 31.7 Å².